The van der Waals surface area contributed by atoms with E-state index in [-0.39, 0.29) is 41.3 Å². The quantitative estimate of drug-likeness (QED) is 0.0909. The van der Waals surface area contributed by atoms with Crippen molar-refractivity contribution >= 4 is 40.8 Å². The molecule has 5 rings (SSSR count). The van der Waals surface area contributed by atoms with Gasteiger partial charge in [0.25, 0.3) is 5.91 Å². The number of aromatic nitrogens is 4. The van der Waals surface area contributed by atoms with Gasteiger partial charge in [-0.3, -0.25) is 19.5 Å². The number of benzene rings is 2. The number of hydrogen-bond donors (Lipinski definition) is 1. The molecule has 1 saturated carbocycles. The SMILES string of the molecule is CC(C)(C)CCN=C(N)N(C(=O)c1ccc(-c2cnn(C(F)F)c2)cc1)[C@H](COC(=O)CC1(C)CC1)c1ccc(Cl)c(-c2nncs2)c1. The third kappa shape index (κ3) is 8.81. The highest BCUT2D eigenvalue weighted by molar-refractivity contribution is 7.12. The Balaban J connectivity index is 1.54. The maximum absolute atomic E-state index is 14.4. The van der Waals surface area contributed by atoms with Crippen molar-refractivity contribution in [1.82, 2.24) is 24.9 Å². The third-order valence-electron chi connectivity index (χ3n) is 8.22. The summed E-state index contributed by atoms with van der Waals surface area (Å²) in [5.74, 6) is -0.916. The fourth-order valence-corrected chi connectivity index (χ4v) is 5.86. The summed E-state index contributed by atoms with van der Waals surface area (Å²) in [4.78, 5) is 33.4. The van der Waals surface area contributed by atoms with E-state index >= 15 is 0 Å². The number of amides is 1. The minimum Gasteiger partial charge on any atom is -0.463 e. The van der Waals surface area contributed by atoms with Crippen molar-refractivity contribution in [3.8, 4) is 21.7 Å². The van der Waals surface area contributed by atoms with Gasteiger partial charge in [0, 0.05) is 29.4 Å². The molecule has 0 spiro atoms. The fraction of sp³-hybridized carbons (Fsp3) is 0.412. The highest BCUT2D eigenvalue weighted by atomic mass is 35.5. The summed E-state index contributed by atoms with van der Waals surface area (Å²) >= 11 is 7.88. The van der Waals surface area contributed by atoms with E-state index < -0.39 is 18.5 Å². The minimum atomic E-state index is -2.77. The number of nitrogens with zero attached hydrogens (tertiary/aromatic N) is 6. The molecule has 10 nitrogen and oxygen atoms in total. The Bertz CT molecular complexity index is 1770. The number of aliphatic imine (C=N–C) groups is 1. The van der Waals surface area contributed by atoms with E-state index in [2.05, 4.69) is 41.1 Å². The van der Waals surface area contributed by atoms with Crippen LogP contribution >= 0.6 is 22.9 Å². The van der Waals surface area contributed by atoms with Gasteiger partial charge in [-0.1, -0.05) is 68.8 Å². The molecule has 0 saturated heterocycles. The molecule has 1 atom stereocenters. The lowest BCUT2D eigenvalue weighted by Crippen LogP contribution is -2.46. The summed E-state index contributed by atoms with van der Waals surface area (Å²) in [7, 11) is 0. The zero-order valence-corrected chi connectivity index (χ0v) is 28.8. The van der Waals surface area contributed by atoms with Gasteiger partial charge in [0.15, 0.2) is 5.96 Å². The van der Waals surface area contributed by atoms with Crippen LogP contribution in [0.4, 0.5) is 8.78 Å². The van der Waals surface area contributed by atoms with E-state index in [4.69, 9.17) is 22.1 Å². The number of alkyl halides is 2. The molecule has 2 aromatic heterocycles. The Morgan fingerprint density at radius 2 is 1.90 bits per heavy atom. The molecular weight excluding hydrogens is 660 g/mol. The molecule has 1 amide bonds. The molecule has 0 aliphatic heterocycles. The molecule has 2 heterocycles. The smallest absolute Gasteiger partial charge is 0.333 e. The average molecular weight is 698 g/mol. The van der Waals surface area contributed by atoms with Crippen LogP contribution in [-0.2, 0) is 9.53 Å². The van der Waals surface area contributed by atoms with Gasteiger partial charge in [-0.05, 0) is 65.5 Å². The number of nitrogens with two attached hydrogens (primary N) is 1. The Morgan fingerprint density at radius 1 is 1.17 bits per heavy atom. The van der Waals surface area contributed by atoms with Crippen LogP contribution < -0.4 is 5.73 Å². The standard InChI is InChI=1S/C34H38ClF2N7O3S/c1-33(2,3)13-14-39-32(38)44(30(46)22-7-5-21(6-8-22)24-17-41-43(18-24)31(36)37)27(19-47-28(45)16-34(4)11-12-34)23-9-10-26(35)25(15-23)29-42-40-20-48-29/h5-10,15,17-18,20,27,31H,11-14,16,19H2,1-4H3,(H2,38,39)/t27-/m1/s1. The second-order valence-corrected chi connectivity index (χ2v) is 14.7. The first kappa shape index (κ1) is 35.1. The predicted octanol–water partition coefficient (Wildman–Crippen LogP) is 7.78. The molecule has 4 aromatic rings. The van der Waals surface area contributed by atoms with Crippen LogP contribution in [0.2, 0.25) is 5.02 Å². The molecule has 1 aliphatic rings. The monoisotopic (exact) mass is 697 g/mol. The van der Waals surface area contributed by atoms with E-state index in [1.54, 1.807) is 48.0 Å². The lowest BCUT2D eigenvalue weighted by atomic mass is 9.92. The van der Waals surface area contributed by atoms with Crippen molar-refractivity contribution in [1.29, 1.82) is 0 Å². The topological polar surface area (TPSA) is 129 Å². The predicted molar refractivity (Wildman–Crippen MR) is 182 cm³/mol. The number of ether oxygens (including phenoxy) is 1. The Hall–Kier alpha value is -4.23. The Kier molecular flexibility index (Phi) is 10.6. The van der Waals surface area contributed by atoms with Crippen LogP contribution in [0.15, 0.2) is 65.4 Å². The molecule has 0 unspecified atom stereocenters. The zero-order chi connectivity index (χ0) is 34.6. The summed E-state index contributed by atoms with van der Waals surface area (Å²) in [6.45, 7) is 5.67. The number of halogens is 3. The summed E-state index contributed by atoms with van der Waals surface area (Å²) in [6, 6.07) is 10.8. The number of esters is 1. The highest BCUT2D eigenvalue weighted by Gasteiger charge is 2.40. The van der Waals surface area contributed by atoms with Gasteiger partial charge in [-0.2, -0.15) is 13.9 Å². The Labute approximate surface area is 287 Å². The molecule has 0 radical (unpaired) electrons. The second kappa shape index (κ2) is 14.5. The van der Waals surface area contributed by atoms with E-state index in [0.717, 1.165) is 12.8 Å². The van der Waals surface area contributed by atoms with E-state index in [9.17, 15) is 18.4 Å². The van der Waals surface area contributed by atoms with E-state index in [1.807, 2.05) is 6.92 Å². The number of carbonyl (C=O) groups excluding carboxylic acids is 2. The third-order valence-corrected chi connectivity index (χ3v) is 9.28. The van der Waals surface area contributed by atoms with Crippen molar-refractivity contribution < 1.29 is 23.1 Å². The van der Waals surface area contributed by atoms with E-state index in [0.29, 0.717) is 49.9 Å². The first-order valence-electron chi connectivity index (χ1n) is 15.5. The summed E-state index contributed by atoms with van der Waals surface area (Å²) < 4.78 is 32.6. The van der Waals surface area contributed by atoms with Crippen molar-refractivity contribution in [2.24, 2.45) is 21.6 Å². The molecule has 1 aliphatic carbocycles. The van der Waals surface area contributed by atoms with Gasteiger partial charge < -0.3 is 10.5 Å². The molecule has 48 heavy (non-hydrogen) atoms. The van der Waals surface area contributed by atoms with Crippen LogP contribution in [0.3, 0.4) is 0 Å². The highest BCUT2D eigenvalue weighted by Crippen LogP contribution is 2.48. The van der Waals surface area contributed by atoms with Gasteiger partial charge >= 0.3 is 12.5 Å². The summed E-state index contributed by atoms with van der Waals surface area (Å²) in [6.07, 6.45) is 5.43. The first-order chi connectivity index (χ1) is 22.7. The number of carbonyl (C=O) groups is 2. The van der Waals surface area contributed by atoms with Gasteiger partial charge in [0.2, 0.25) is 0 Å². The fourth-order valence-electron chi connectivity index (χ4n) is 5.01. The minimum absolute atomic E-state index is 0.0345. The van der Waals surface area contributed by atoms with Gasteiger partial charge in [-0.25, -0.2) is 4.68 Å². The number of rotatable bonds is 12. The molecule has 254 valence electrons. The van der Waals surface area contributed by atoms with Gasteiger partial charge in [0.1, 0.15) is 17.1 Å². The molecule has 14 heteroatoms. The lowest BCUT2D eigenvalue weighted by Gasteiger charge is -2.32. The van der Waals surface area contributed by atoms with Gasteiger partial charge in [0.05, 0.1) is 23.7 Å². The summed E-state index contributed by atoms with van der Waals surface area (Å²) in [5.41, 5.74) is 10.6. The number of hydrogen-bond acceptors (Lipinski definition) is 8. The molecule has 2 N–H and O–H groups in total. The zero-order valence-electron chi connectivity index (χ0n) is 27.2. The first-order valence-corrected chi connectivity index (χ1v) is 16.8. The normalized spacial score (nSPS) is 15.0. The molecular formula is C34H38ClF2N7O3S. The number of guanidine groups is 1. The van der Waals surface area contributed by atoms with Crippen LogP contribution in [-0.4, -0.2) is 55.9 Å². The maximum atomic E-state index is 14.4. The van der Waals surface area contributed by atoms with Crippen LogP contribution in [0.1, 0.15) is 81.9 Å². The lowest BCUT2D eigenvalue weighted by molar-refractivity contribution is -0.146. The Morgan fingerprint density at radius 3 is 2.50 bits per heavy atom. The van der Waals surface area contributed by atoms with Crippen LogP contribution in [0.5, 0.6) is 0 Å². The van der Waals surface area contributed by atoms with Gasteiger partial charge in [-0.15, -0.1) is 10.2 Å². The molecule has 2 aromatic carbocycles. The van der Waals surface area contributed by atoms with Crippen molar-refractivity contribution in [3.63, 3.8) is 0 Å². The van der Waals surface area contributed by atoms with Crippen molar-refractivity contribution in [3.05, 3.63) is 76.5 Å². The molecule has 0 bridgehead atoms. The van der Waals surface area contributed by atoms with Crippen molar-refractivity contribution in [2.45, 2.75) is 66.0 Å². The second-order valence-electron chi connectivity index (χ2n) is 13.5. The summed E-state index contributed by atoms with van der Waals surface area (Å²) in [5, 5.41) is 12.8. The van der Waals surface area contributed by atoms with Crippen molar-refractivity contribution in [2.75, 3.05) is 13.2 Å². The maximum Gasteiger partial charge on any atom is 0.333 e. The van der Waals surface area contributed by atoms with E-state index in [1.165, 1.54) is 28.6 Å². The van der Waals surface area contributed by atoms with Crippen LogP contribution in [0.25, 0.3) is 21.7 Å². The van der Waals surface area contributed by atoms with Crippen LogP contribution in [0, 0.1) is 10.8 Å². The molecule has 1 fully saturated rings. The average Bonchev–Trinajstić information content (AvgIpc) is 3.42. The largest absolute Gasteiger partial charge is 0.463 e.